The molecule has 21 heavy (non-hydrogen) atoms. The molecule has 0 bridgehead atoms. The first-order valence-corrected chi connectivity index (χ1v) is 8.70. The van der Waals surface area contributed by atoms with Gasteiger partial charge in [-0.15, -0.1) is 23.7 Å². The van der Waals surface area contributed by atoms with Gasteiger partial charge in [-0.05, 0) is 68.6 Å². The van der Waals surface area contributed by atoms with Gasteiger partial charge in [-0.3, -0.25) is 4.79 Å². The van der Waals surface area contributed by atoms with E-state index in [1.165, 1.54) is 23.3 Å². The van der Waals surface area contributed by atoms with Crippen LogP contribution in [-0.4, -0.2) is 30.4 Å². The number of amides is 1. The number of nitrogens with one attached hydrogen (secondary N) is 1. The van der Waals surface area contributed by atoms with Gasteiger partial charge >= 0.3 is 0 Å². The highest BCUT2D eigenvalue weighted by Crippen LogP contribution is 2.33. The van der Waals surface area contributed by atoms with Crippen LogP contribution in [0.1, 0.15) is 49.1 Å². The van der Waals surface area contributed by atoms with Crippen molar-refractivity contribution in [2.45, 2.75) is 45.1 Å². The molecule has 1 atom stereocenters. The summed E-state index contributed by atoms with van der Waals surface area (Å²) in [6.07, 6.45) is 5.31. The number of carbonyl (C=O) groups is 1. The second kappa shape index (κ2) is 7.61. The zero-order valence-electron chi connectivity index (χ0n) is 12.6. The molecular weight excluding hydrogens is 304 g/mol. The number of carbonyl (C=O) groups excluding carboxylic acids is 1. The molecule has 5 heteroatoms. The van der Waals surface area contributed by atoms with Crippen molar-refractivity contribution in [1.29, 1.82) is 0 Å². The Balaban J connectivity index is 0.00000161. The Morgan fingerprint density at radius 2 is 2.19 bits per heavy atom. The van der Waals surface area contributed by atoms with Crippen LogP contribution in [0.5, 0.6) is 0 Å². The van der Waals surface area contributed by atoms with Gasteiger partial charge in [0.2, 0.25) is 5.91 Å². The van der Waals surface area contributed by atoms with Gasteiger partial charge < -0.3 is 10.2 Å². The van der Waals surface area contributed by atoms with Crippen molar-refractivity contribution >= 4 is 29.7 Å². The molecule has 3 nitrogen and oxygen atoms in total. The van der Waals surface area contributed by atoms with Gasteiger partial charge in [0.1, 0.15) is 0 Å². The maximum atomic E-state index is 12.5. The molecule has 2 aliphatic rings. The number of rotatable bonds is 3. The van der Waals surface area contributed by atoms with Crippen LogP contribution in [-0.2, 0) is 11.2 Å². The quantitative estimate of drug-likeness (QED) is 0.922. The van der Waals surface area contributed by atoms with Crippen molar-refractivity contribution in [3.63, 3.8) is 0 Å². The fourth-order valence-electron chi connectivity index (χ4n) is 3.49. The minimum Gasteiger partial charge on any atom is -0.336 e. The summed E-state index contributed by atoms with van der Waals surface area (Å²) in [7, 11) is 0. The molecule has 0 radical (unpaired) electrons. The number of fused-ring (bicyclic) bond motifs is 1. The third kappa shape index (κ3) is 3.79. The molecule has 0 aromatic carbocycles. The van der Waals surface area contributed by atoms with Crippen LogP contribution in [0.2, 0.25) is 0 Å². The SMILES string of the molecule is CC1c2ccsc2CCN1C(=O)CCC1CCNCC1.Cl. The van der Waals surface area contributed by atoms with Gasteiger partial charge in [0.05, 0.1) is 6.04 Å². The smallest absolute Gasteiger partial charge is 0.223 e. The van der Waals surface area contributed by atoms with Crippen molar-refractivity contribution in [3.05, 3.63) is 21.9 Å². The highest BCUT2D eigenvalue weighted by Gasteiger charge is 2.28. The van der Waals surface area contributed by atoms with E-state index in [1.807, 2.05) is 11.3 Å². The standard InChI is InChI=1S/C16H24N2OS.ClH/c1-12-14-7-11-20-15(14)6-10-18(12)16(19)3-2-13-4-8-17-9-5-13;/h7,11-13,17H,2-6,8-10H2,1H3;1H. The first-order chi connectivity index (χ1) is 9.75. The molecule has 1 fully saturated rings. The minimum absolute atomic E-state index is 0. The van der Waals surface area contributed by atoms with E-state index in [-0.39, 0.29) is 18.4 Å². The Labute approximate surface area is 137 Å². The molecule has 3 rings (SSSR count). The molecule has 1 saturated heterocycles. The number of piperidine rings is 1. The van der Waals surface area contributed by atoms with E-state index in [1.54, 1.807) is 0 Å². The van der Waals surface area contributed by atoms with Gasteiger partial charge in [0.15, 0.2) is 0 Å². The average molecular weight is 329 g/mol. The predicted octanol–water partition coefficient (Wildman–Crippen LogP) is 3.40. The number of halogens is 1. The van der Waals surface area contributed by atoms with Crippen molar-refractivity contribution in [2.24, 2.45) is 5.92 Å². The predicted molar refractivity (Wildman–Crippen MR) is 90.2 cm³/mol. The van der Waals surface area contributed by atoms with Crippen LogP contribution in [0.25, 0.3) is 0 Å². The number of hydrogen-bond acceptors (Lipinski definition) is 3. The second-order valence-corrected chi connectivity index (χ2v) is 7.04. The van der Waals surface area contributed by atoms with Crippen molar-refractivity contribution in [2.75, 3.05) is 19.6 Å². The lowest BCUT2D eigenvalue weighted by atomic mass is 9.92. The molecule has 1 unspecified atom stereocenters. The molecule has 2 aliphatic heterocycles. The summed E-state index contributed by atoms with van der Waals surface area (Å²) in [4.78, 5) is 16.1. The number of nitrogens with zero attached hydrogens (tertiary/aromatic N) is 1. The average Bonchev–Trinajstić information content (AvgIpc) is 2.96. The van der Waals surface area contributed by atoms with E-state index < -0.39 is 0 Å². The van der Waals surface area contributed by atoms with Gasteiger partial charge in [-0.1, -0.05) is 0 Å². The molecule has 1 aromatic rings. The van der Waals surface area contributed by atoms with E-state index in [4.69, 9.17) is 0 Å². The zero-order valence-corrected chi connectivity index (χ0v) is 14.3. The first kappa shape index (κ1) is 16.8. The third-order valence-electron chi connectivity index (χ3n) is 4.82. The van der Waals surface area contributed by atoms with Crippen LogP contribution < -0.4 is 5.32 Å². The molecule has 118 valence electrons. The maximum absolute atomic E-state index is 12.5. The third-order valence-corrected chi connectivity index (χ3v) is 5.82. The summed E-state index contributed by atoms with van der Waals surface area (Å²) in [5.74, 6) is 1.10. The van der Waals surface area contributed by atoms with Crippen LogP contribution >= 0.6 is 23.7 Å². The fraction of sp³-hybridized carbons (Fsp3) is 0.688. The number of thiophene rings is 1. The van der Waals surface area contributed by atoms with Crippen LogP contribution in [0.15, 0.2) is 11.4 Å². The Morgan fingerprint density at radius 3 is 2.95 bits per heavy atom. The van der Waals surface area contributed by atoms with Gasteiger partial charge in [0.25, 0.3) is 0 Å². The first-order valence-electron chi connectivity index (χ1n) is 7.82. The summed E-state index contributed by atoms with van der Waals surface area (Å²) in [6.45, 7) is 5.32. The normalized spacial score (nSPS) is 22.5. The molecule has 0 aliphatic carbocycles. The molecule has 3 heterocycles. The van der Waals surface area contributed by atoms with Crippen molar-refractivity contribution in [3.8, 4) is 0 Å². The topological polar surface area (TPSA) is 32.3 Å². The van der Waals surface area contributed by atoms with Crippen molar-refractivity contribution < 1.29 is 4.79 Å². The van der Waals surface area contributed by atoms with E-state index >= 15 is 0 Å². The lowest BCUT2D eigenvalue weighted by Crippen LogP contribution is -2.38. The van der Waals surface area contributed by atoms with Gasteiger partial charge in [-0.2, -0.15) is 0 Å². The zero-order chi connectivity index (χ0) is 13.9. The number of hydrogen-bond donors (Lipinski definition) is 1. The second-order valence-electron chi connectivity index (χ2n) is 6.04. The molecule has 0 saturated carbocycles. The highest BCUT2D eigenvalue weighted by molar-refractivity contribution is 7.10. The molecule has 1 amide bonds. The molecule has 1 aromatic heterocycles. The van der Waals surface area contributed by atoms with Crippen molar-refractivity contribution in [1.82, 2.24) is 10.2 Å². The summed E-state index contributed by atoms with van der Waals surface area (Å²) in [6, 6.07) is 2.46. The molecular formula is C16H25ClN2OS. The molecule has 1 N–H and O–H groups in total. The Morgan fingerprint density at radius 1 is 1.43 bits per heavy atom. The summed E-state index contributed by atoms with van der Waals surface area (Å²) in [5, 5.41) is 5.54. The Hall–Kier alpha value is -0.580. The van der Waals surface area contributed by atoms with E-state index in [0.717, 1.165) is 44.8 Å². The lowest BCUT2D eigenvalue weighted by Gasteiger charge is -2.34. The van der Waals surface area contributed by atoms with Crippen LogP contribution in [0.4, 0.5) is 0 Å². The largest absolute Gasteiger partial charge is 0.336 e. The van der Waals surface area contributed by atoms with E-state index in [0.29, 0.717) is 5.91 Å². The van der Waals surface area contributed by atoms with Crippen LogP contribution in [0.3, 0.4) is 0 Å². The summed E-state index contributed by atoms with van der Waals surface area (Å²) < 4.78 is 0. The summed E-state index contributed by atoms with van der Waals surface area (Å²) >= 11 is 1.83. The molecule has 0 spiro atoms. The Kier molecular flexibility index (Phi) is 6.08. The highest BCUT2D eigenvalue weighted by atomic mass is 35.5. The van der Waals surface area contributed by atoms with Gasteiger partial charge in [0, 0.05) is 17.8 Å². The fourth-order valence-corrected chi connectivity index (χ4v) is 4.45. The Bertz CT molecular complexity index is 471. The van der Waals surface area contributed by atoms with Crippen LogP contribution in [0, 0.1) is 5.92 Å². The minimum atomic E-state index is 0. The van der Waals surface area contributed by atoms with E-state index in [2.05, 4.69) is 28.6 Å². The monoisotopic (exact) mass is 328 g/mol. The summed E-state index contributed by atoms with van der Waals surface area (Å²) in [5.41, 5.74) is 1.37. The maximum Gasteiger partial charge on any atom is 0.223 e. The van der Waals surface area contributed by atoms with Gasteiger partial charge in [-0.25, -0.2) is 0 Å². The lowest BCUT2D eigenvalue weighted by molar-refractivity contribution is -0.134. The van der Waals surface area contributed by atoms with E-state index in [9.17, 15) is 4.79 Å².